The smallest absolute Gasteiger partial charge is 0.323 e. The fourth-order valence-corrected chi connectivity index (χ4v) is 2.35. The highest BCUT2D eigenvalue weighted by atomic mass is 35.5. The number of carbonyl (C=O) groups excluding carboxylic acids is 1. The van der Waals surface area contributed by atoms with Crippen LogP contribution >= 0.6 is 11.6 Å². The van der Waals surface area contributed by atoms with Crippen molar-refractivity contribution < 1.29 is 14.7 Å². The lowest BCUT2D eigenvalue weighted by Gasteiger charge is -2.38. The van der Waals surface area contributed by atoms with Crippen LogP contribution in [0.15, 0.2) is 24.3 Å². The number of carboxylic acid groups (broad SMARTS) is 1. The molecule has 0 bridgehead atoms. The number of halogens is 1. The Balaban J connectivity index is 1.79. The van der Waals surface area contributed by atoms with Crippen LogP contribution in [-0.2, 0) is 16.1 Å². The molecule has 1 aromatic rings. The summed E-state index contributed by atoms with van der Waals surface area (Å²) in [6, 6.07) is 7.26. The molecule has 6 heteroatoms. The minimum Gasteiger partial charge on any atom is -0.480 e. The van der Waals surface area contributed by atoms with Crippen molar-refractivity contribution in [1.82, 2.24) is 10.6 Å². The molecular formula is C14H17ClN2O3. The van der Waals surface area contributed by atoms with Gasteiger partial charge in [-0.2, -0.15) is 0 Å². The molecule has 1 aliphatic rings. The molecular weight excluding hydrogens is 280 g/mol. The van der Waals surface area contributed by atoms with E-state index in [0.29, 0.717) is 24.4 Å². The summed E-state index contributed by atoms with van der Waals surface area (Å²) >= 11 is 5.99. The Hall–Kier alpha value is -1.59. The zero-order valence-electron chi connectivity index (χ0n) is 11.0. The Labute approximate surface area is 122 Å². The first kappa shape index (κ1) is 14.8. The third kappa shape index (κ3) is 3.29. The lowest BCUT2D eigenvalue weighted by molar-refractivity contribution is -0.149. The minimum absolute atomic E-state index is 0.00322. The number of aliphatic carboxylic acids is 1. The summed E-state index contributed by atoms with van der Waals surface area (Å²) in [5.74, 6) is -1.12. The minimum atomic E-state index is -0.915. The fourth-order valence-electron chi connectivity index (χ4n) is 2.14. The Morgan fingerprint density at radius 2 is 2.00 bits per heavy atom. The van der Waals surface area contributed by atoms with Gasteiger partial charge in [-0.25, -0.2) is 0 Å². The first-order valence-electron chi connectivity index (χ1n) is 6.52. The first-order chi connectivity index (χ1) is 9.53. The second-order valence-corrected chi connectivity index (χ2v) is 5.37. The molecule has 3 N–H and O–H groups in total. The van der Waals surface area contributed by atoms with Gasteiger partial charge in [0.25, 0.3) is 0 Å². The van der Waals surface area contributed by atoms with Crippen LogP contribution in [0.4, 0.5) is 0 Å². The van der Waals surface area contributed by atoms with Crippen molar-refractivity contribution in [3.8, 4) is 0 Å². The van der Waals surface area contributed by atoms with E-state index in [1.54, 1.807) is 6.07 Å². The van der Waals surface area contributed by atoms with E-state index in [2.05, 4.69) is 10.6 Å². The molecule has 0 unspecified atom stereocenters. The van der Waals surface area contributed by atoms with Gasteiger partial charge >= 0.3 is 5.97 Å². The molecule has 1 amide bonds. The van der Waals surface area contributed by atoms with Crippen LogP contribution in [0.25, 0.3) is 0 Å². The lowest BCUT2D eigenvalue weighted by Crippen LogP contribution is -2.59. The molecule has 1 fully saturated rings. The van der Waals surface area contributed by atoms with E-state index in [9.17, 15) is 9.59 Å². The van der Waals surface area contributed by atoms with Gasteiger partial charge in [0, 0.05) is 11.6 Å². The highest BCUT2D eigenvalue weighted by molar-refractivity contribution is 6.31. The number of hydrogen-bond acceptors (Lipinski definition) is 3. The van der Waals surface area contributed by atoms with Crippen LogP contribution in [0.3, 0.4) is 0 Å². The Morgan fingerprint density at radius 3 is 2.55 bits per heavy atom. The van der Waals surface area contributed by atoms with Gasteiger partial charge in [0.15, 0.2) is 0 Å². The summed E-state index contributed by atoms with van der Waals surface area (Å²) in [5.41, 5.74) is -0.0824. The molecule has 0 aliphatic heterocycles. The van der Waals surface area contributed by atoms with Crippen molar-refractivity contribution >= 4 is 23.5 Å². The molecule has 0 heterocycles. The molecule has 0 aromatic heterocycles. The maximum Gasteiger partial charge on any atom is 0.323 e. The van der Waals surface area contributed by atoms with Crippen molar-refractivity contribution in [2.75, 3.05) is 6.54 Å². The van der Waals surface area contributed by atoms with Gasteiger partial charge in [-0.05, 0) is 30.9 Å². The molecule has 0 atom stereocenters. The average Bonchev–Trinajstić information content (AvgIpc) is 2.36. The zero-order valence-corrected chi connectivity index (χ0v) is 11.7. The molecule has 1 aromatic carbocycles. The van der Waals surface area contributed by atoms with Gasteiger partial charge in [0.05, 0.1) is 6.54 Å². The van der Waals surface area contributed by atoms with E-state index in [4.69, 9.17) is 16.7 Å². The van der Waals surface area contributed by atoms with Crippen LogP contribution in [0.1, 0.15) is 24.8 Å². The van der Waals surface area contributed by atoms with Crippen LogP contribution in [0, 0.1) is 0 Å². The van der Waals surface area contributed by atoms with Gasteiger partial charge in [0.1, 0.15) is 5.54 Å². The predicted octanol–water partition coefficient (Wildman–Crippen LogP) is 1.55. The Bertz CT molecular complexity index is 515. The lowest BCUT2D eigenvalue weighted by atomic mass is 9.77. The second-order valence-electron chi connectivity index (χ2n) is 4.96. The van der Waals surface area contributed by atoms with Crippen LogP contribution in [0.2, 0.25) is 5.02 Å². The molecule has 1 aliphatic carbocycles. The number of carbonyl (C=O) groups is 2. The van der Waals surface area contributed by atoms with E-state index < -0.39 is 11.5 Å². The van der Waals surface area contributed by atoms with Gasteiger partial charge < -0.3 is 10.4 Å². The number of hydrogen-bond donors (Lipinski definition) is 3. The molecule has 1 saturated carbocycles. The van der Waals surface area contributed by atoms with E-state index in [0.717, 1.165) is 12.0 Å². The zero-order chi connectivity index (χ0) is 14.6. The van der Waals surface area contributed by atoms with Crippen molar-refractivity contribution in [3.05, 3.63) is 34.9 Å². The summed E-state index contributed by atoms with van der Waals surface area (Å²) in [6.45, 7) is 0.330. The molecule has 0 saturated heterocycles. The van der Waals surface area contributed by atoms with Gasteiger partial charge in [0.2, 0.25) is 5.91 Å². The third-order valence-electron chi connectivity index (χ3n) is 3.64. The number of carboxylic acids is 1. The number of amides is 1. The number of rotatable bonds is 6. The highest BCUT2D eigenvalue weighted by Crippen LogP contribution is 2.31. The summed E-state index contributed by atoms with van der Waals surface area (Å²) in [7, 11) is 0. The van der Waals surface area contributed by atoms with E-state index in [1.807, 2.05) is 18.2 Å². The van der Waals surface area contributed by atoms with E-state index in [-0.39, 0.29) is 12.5 Å². The van der Waals surface area contributed by atoms with Crippen molar-refractivity contribution in [3.63, 3.8) is 0 Å². The quantitative estimate of drug-likeness (QED) is 0.744. The molecule has 108 valence electrons. The first-order valence-corrected chi connectivity index (χ1v) is 6.90. The molecule has 5 nitrogen and oxygen atoms in total. The normalized spacial score (nSPS) is 16.2. The van der Waals surface area contributed by atoms with Gasteiger partial charge in [-0.3, -0.25) is 14.9 Å². The SMILES string of the molecule is O=C(CNC1(C(=O)O)CCC1)NCc1ccccc1Cl. The largest absolute Gasteiger partial charge is 0.480 e. The van der Waals surface area contributed by atoms with Gasteiger partial charge in [-0.15, -0.1) is 0 Å². The monoisotopic (exact) mass is 296 g/mol. The maximum atomic E-state index is 11.7. The van der Waals surface area contributed by atoms with Gasteiger partial charge in [-0.1, -0.05) is 29.8 Å². The van der Waals surface area contributed by atoms with Crippen LogP contribution in [0.5, 0.6) is 0 Å². The van der Waals surface area contributed by atoms with E-state index in [1.165, 1.54) is 0 Å². The second kappa shape index (κ2) is 6.24. The van der Waals surface area contributed by atoms with Crippen molar-refractivity contribution in [1.29, 1.82) is 0 Å². The predicted molar refractivity (Wildman–Crippen MR) is 75.5 cm³/mol. The fraction of sp³-hybridized carbons (Fsp3) is 0.429. The van der Waals surface area contributed by atoms with Crippen molar-refractivity contribution in [2.24, 2.45) is 0 Å². The van der Waals surface area contributed by atoms with Crippen molar-refractivity contribution in [2.45, 2.75) is 31.3 Å². The summed E-state index contributed by atoms with van der Waals surface area (Å²) in [5, 5.41) is 15.3. The average molecular weight is 297 g/mol. The Morgan fingerprint density at radius 1 is 1.30 bits per heavy atom. The van der Waals surface area contributed by atoms with Crippen LogP contribution in [-0.4, -0.2) is 29.1 Å². The standard InChI is InChI=1S/C14H17ClN2O3/c15-11-5-2-1-4-10(11)8-16-12(18)9-17-14(13(19)20)6-3-7-14/h1-2,4-5,17H,3,6-9H2,(H,16,18)(H,19,20). The molecule has 0 radical (unpaired) electrons. The number of benzene rings is 1. The molecule has 2 rings (SSSR count). The number of nitrogens with one attached hydrogen (secondary N) is 2. The topological polar surface area (TPSA) is 78.4 Å². The summed E-state index contributed by atoms with van der Waals surface area (Å²) in [6.07, 6.45) is 2.01. The Kier molecular flexibility index (Phi) is 4.62. The maximum absolute atomic E-state index is 11.7. The third-order valence-corrected chi connectivity index (χ3v) is 4.01. The molecule has 0 spiro atoms. The van der Waals surface area contributed by atoms with E-state index >= 15 is 0 Å². The molecule has 20 heavy (non-hydrogen) atoms. The summed E-state index contributed by atoms with van der Waals surface area (Å²) < 4.78 is 0. The highest BCUT2D eigenvalue weighted by Gasteiger charge is 2.44. The van der Waals surface area contributed by atoms with Crippen LogP contribution < -0.4 is 10.6 Å². The summed E-state index contributed by atoms with van der Waals surface area (Å²) in [4.78, 5) is 22.9.